The van der Waals surface area contributed by atoms with Crippen molar-refractivity contribution < 1.29 is 4.74 Å². The summed E-state index contributed by atoms with van der Waals surface area (Å²) in [6, 6.07) is 10.0. The lowest BCUT2D eigenvalue weighted by atomic mass is 9.99. The molecule has 0 saturated heterocycles. The van der Waals surface area contributed by atoms with Crippen LogP contribution in [0.15, 0.2) is 30.3 Å². The molecule has 0 radical (unpaired) electrons. The van der Waals surface area contributed by atoms with Crippen LogP contribution in [0, 0.1) is 17.4 Å². The minimum atomic E-state index is 0.0106. The molecule has 0 spiro atoms. The van der Waals surface area contributed by atoms with Crippen molar-refractivity contribution in [1.29, 1.82) is 0 Å². The highest BCUT2D eigenvalue weighted by Gasteiger charge is 2.03. The highest BCUT2D eigenvalue weighted by molar-refractivity contribution is 5.14. The van der Waals surface area contributed by atoms with Crippen molar-refractivity contribution >= 4 is 0 Å². The Kier molecular flexibility index (Phi) is 3.59. The molecule has 0 fully saturated rings. The monoisotopic (exact) mass is 188 g/mol. The fourth-order valence-corrected chi connectivity index (χ4v) is 0.883. The van der Waals surface area contributed by atoms with Crippen LogP contribution in [0.25, 0.3) is 0 Å². The van der Waals surface area contributed by atoms with Crippen LogP contribution in [0.1, 0.15) is 26.3 Å². The SMILES string of the molecule is CC(C)(C)C#COCc1ccccc1. The summed E-state index contributed by atoms with van der Waals surface area (Å²) in [6.45, 7) is 6.74. The van der Waals surface area contributed by atoms with E-state index in [1.165, 1.54) is 0 Å². The summed E-state index contributed by atoms with van der Waals surface area (Å²) < 4.78 is 5.23. The molecule has 14 heavy (non-hydrogen) atoms. The van der Waals surface area contributed by atoms with Crippen LogP contribution in [-0.2, 0) is 11.3 Å². The molecule has 0 aliphatic rings. The Labute approximate surface area is 86.1 Å². The van der Waals surface area contributed by atoms with Gasteiger partial charge in [-0.05, 0) is 26.3 Å². The fourth-order valence-electron chi connectivity index (χ4n) is 0.883. The minimum absolute atomic E-state index is 0.0106. The molecule has 0 unspecified atom stereocenters. The Morgan fingerprint density at radius 3 is 2.36 bits per heavy atom. The lowest BCUT2D eigenvalue weighted by molar-refractivity contribution is 0.263. The summed E-state index contributed by atoms with van der Waals surface area (Å²) in [5, 5.41) is 0. The maximum atomic E-state index is 5.23. The van der Waals surface area contributed by atoms with Crippen LogP contribution in [0.5, 0.6) is 0 Å². The highest BCUT2D eigenvalue weighted by Crippen LogP contribution is 2.09. The number of benzene rings is 1. The van der Waals surface area contributed by atoms with Crippen LogP contribution in [-0.4, -0.2) is 0 Å². The molecule has 0 bridgehead atoms. The van der Waals surface area contributed by atoms with Crippen molar-refractivity contribution in [2.24, 2.45) is 5.41 Å². The van der Waals surface area contributed by atoms with Crippen molar-refractivity contribution in [3.63, 3.8) is 0 Å². The van der Waals surface area contributed by atoms with E-state index in [2.05, 4.69) is 32.8 Å². The molecular formula is C13H16O. The van der Waals surface area contributed by atoms with E-state index in [0.29, 0.717) is 6.61 Å². The van der Waals surface area contributed by atoms with Gasteiger partial charge in [0.1, 0.15) is 12.7 Å². The Bertz CT molecular complexity index is 322. The largest absolute Gasteiger partial charge is 0.442 e. The molecule has 0 aromatic heterocycles. The predicted octanol–water partition coefficient (Wildman–Crippen LogP) is 3.21. The molecule has 0 heterocycles. The predicted molar refractivity (Wildman–Crippen MR) is 58.5 cm³/mol. The summed E-state index contributed by atoms with van der Waals surface area (Å²) >= 11 is 0. The zero-order chi connectivity index (χ0) is 10.4. The molecule has 1 rings (SSSR count). The average molecular weight is 188 g/mol. The first kappa shape index (κ1) is 10.7. The number of hydrogen-bond acceptors (Lipinski definition) is 1. The van der Waals surface area contributed by atoms with Crippen molar-refractivity contribution in [1.82, 2.24) is 0 Å². The maximum absolute atomic E-state index is 5.23. The molecule has 74 valence electrons. The van der Waals surface area contributed by atoms with E-state index in [4.69, 9.17) is 4.74 Å². The van der Waals surface area contributed by atoms with E-state index < -0.39 is 0 Å². The second-order valence-electron chi connectivity index (χ2n) is 4.25. The highest BCUT2D eigenvalue weighted by atomic mass is 16.5. The smallest absolute Gasteiger partial charge is 0.125 e. The molecule has 1 aromatic carbocycles. The molecule has 0 N–H and O–H groups in total. The van der Waals surface area contributed by atoms with Gasteiger partial charge < -0.3 is 4.74 Å². The molecule has 1 aromatic rings. The lowest BCUT2D eigenvalue weighted by Crippen LogP contribution is -1.99. The van der Waals surface area contributed by atoms with Crippen molar-refractivity contribution in [3.8, 4) is 12.0 Å². The van der Waals surface area contributed by atoms with E-state index >= 15 is 0 Å². The zero-order valence-electron chi connectivity index (χ0n) is 9.00. The van der Waals surface area contributed by atoms with Crippen LogP contribution in [0.3, 0.4) is 0 Å². The number of rotatable bonds is 2. The topological polar surface area (TPSA) is 9.23 Å². The first-order valence-corrected chi connectivity index (χ1v) is 4.76. The molecular weight excluding hydrogens is 172 g/mol. The number of hydrogen-bond donors (Lipinski definition) is 0. The van der Waals surface area contributed by atoms with E-state index in [0.717, 1.165) is 5.56 Å². The van der Waals surface area contributed by atoms with Crippen molar-refractivity contribution in [2.45, 2.75) is 27.4 Å². The molecule has 0 aliphatic heterocycles. The molecule has 1 nitrogen and oxygen atoms in total. The molecule has 0 atom stereocenters. The van der Waals surface area contributed by atoms with Gasteiger partial charge in [0.25, 0.3) is 0 Å². The molecule has 1 heteroatoms. The third-order valence-corrected chi connectivity index (χ3v) is 1.58. The maximum Gasteiger partial charge on any atom is 0.125 e. The third-order valence-electron chi connectivity index (χ3n) is 1.58. The molecule has 0 aliphatic carbocycles. The first-order chi connectivity index (χ1) is 6.58. The summed E-state index contributed by atoms with van der Waals surface area (Å²) in [5.74, 6) is 3.02. The Hall–Kier alpha value is -1.42. The van der Waals surface area contributed by atoms with Crippen LogP contribution >= 0.6 is 0 Å². The van der Waals surface area contributed by atoms with Gasteiger partial charge in [0.2, 0.25) is 0 Å². The average Bonchev–Trinajstić information content (AvgIpc) is 2.13. The van der Waals surface area contributed by atoms with Crippen LogP contribution < -0.4 is 0 Å². The lowest BCUT2D eigenvalue weighted by Gasteiger charge is -2.06. The molecule has 0 saturated carbocycles. The van der Waals surface area contributed by atoms with Gasteiger partial charge in [-0.15, -0.1) is 0 Å². The van der Waals surface area contributed by atoms with Crippen molar-refractivity contribution in [2.75, 3.05) is 0 Å². The summed E-state index contributed by atoms with van der Waals surface area (Å²) in [7, 11) is 0. The quantitative estimate of drug-likeness (QED) is 0.647. The van der Waals surface area contributed by atoms with Crippen LogP contribution in [0.4, 0.5) is 0 Å². The van der Waals surface area contributed by atoms with Crippen molar-refractivity contribution in [3.05, 3.63) is 35.9 Å². The third kappa shape index (κ3) is 4.57. The van der Waals surface area contributed by atoms with Gasteiger partial charge in [-0.25, -0.2) is 0 Å². The minimum Gasteiger partial charge on any atom is -0.442 e. The Morgan fingerprint density at radius 1 is 1.14 bits per heavy atom. The normalized spacial score (nSPS) is 10.2. The first-order valence-electron chi connectivity index (χ1n) is 4.76. The van der Waals surface area contributed by atoms with Gasteiger partial charge in [0, 0.05) is 5.41 Å². The summed E-state index contributed by atoms with van der Waals surface area (Å²) in [6.07, 6.45) is 2.72. The number of ether oxygens (including phenoxy) is 1. The van der Waals surface area contributed by atoms with E-state index in [1.807, 2.05) is 30.3 Å². The second-order valence-corrected chi connectivity index (χ2v) is 4.25. The van der Waals surface area contributed by atoms with Gasteiger partial charge in [0.15, 0.2) is 0 Å². The van der Waals surface area contributed by atoms with Gasteiger partial charge in [-0.2, -0.15) is 0 Å². The molecule has 0 amide bonds. The summed E-state index contributed by atoms with van der Waals surface area (Å²) in [4.78, 5) is 0. The Morgan fingerprint density at radius 2 is 1.79 bits per heavy atom. The standard InChI is InChI=1S/C13H16O/c1-13(2,3)9-10-14-11-12-7-5-4-6-8-12/h4-8H,11H2,1-3H3. The second kappa shape index (κ2) is 4.72. The van der Waals surface area contributed by atoms with Gasteiger partial charge in [-0.1, -0.05) is 36.3 Å². The van der Waals surface area contributed by atoms with Gasteiger partial charge >= 0.3 is 0 Å². The van der Waals surface area contributed by atoms with Crippen LogP contribution in [0.2, 0.25) is 0 Å². The van der Waals surface area contributed by atoms with E-state index in [9.17, 15) is 0 Å². The summed E-state index contributed by atoms with van der Waals surface area (Å²) in [5.41, 5.74) is 1.16. The zero-order valence-corrected chi connectivity index (χ0v) is 9.00. The fraction of sp³-hybridized carbons (Fsp3) is 0.385. The van der Waals surface area contributed by atoms with E-state index in [-0.39, 0.29) is 5.41 Å². The van der Waals surface area contributed by atoms with E-state index in [1.54, 1.807) is 0 Å². The Balaban J connectivity index is 2.39. The van der Waals surface area contributed by atoms with Gasteiger partial charge in [-0.3, -0.25) is 0 Å². The van der Waals surface area contributed by atoms with Gasteiger partial charge in [0.05, 0.1) is 0 Å².